The first kappa shape index (κ1) is 8.84. The van der Waals surface area contributed by atoms with E-state index in [2.05, 4.69) is 0 Å². The molecule has 0 amide bonds. The minimum atomic E-state index is -0.319. The predicted molar refractivity (Wildman–Crippen MR) is 34.6 cm³/mol. The zero-order valence-electron chi connectivity index (χ0n) is 5.83. The fourth-order valence-electron chi connectivity index (χ4n) is 0.421. The lowest BCUT2D eigenvalue weighted by atomic mass is 10.3. The highest BCUT2D eigenvalue weighted by Gasteiger charge is 2.05. The molecule has 0 saturated carbocycles. The van der Waals surface area contributed by atoms with Crippen molar-refractivity contribution in [1.82, 2.24) is 0 Å². The smallest absolute Gasteiger partial charge is 0.109 e. The van der Waals surface area contributed by atoms with Crippen molar-refractivity contribution in [3.8, 4) is 0 Å². The highest BCUT2D eigenvalue weighted by atomic mass is 16.5. The van der Waals surface area contributed by atoms with Crippen molar-refractivity contribution in [2.75, 3.05) is 14.2 Å². The summed E-state index contributed by atoms with van der Waals surface area (Å²) in [7, 11) is 3.07. The van der Waals surface area contributed by atoms with E-state index in [9.17, 15) is 0 Å². The Balaban J connectivity index is 3.22. The van der Waals surface area contributed by atoms with Crippen molar-refractivity contribution in [3.05, 3.63) is 0 Å². The summed E-state index contributed by atoms with van der Waals surface area (Å²) in [5.74, 6) is 0. The zero-order chi connectivity index (χ0) is 7.28. The van der Waals surface area contributed by atoms with Crippen LogP contribution in [0.5, 0.6) is 0 Å². The van der Waals surface area contributed by atoms with Gasteiger partial charge in [0.2, 0.25) is 0 Å². The molecular weight excluding hydrogens is 120 g/mol. The van der Waals surface area contributed by atoms with E-state index in [0.29, 0.717) is 6.42 Å². The number of methoxy groups -OCH3 is 2. The van der Waals surface area contributed by atoms with Crippen molar-refractivity contribution in [1.29, 1.82) is 0 Å². The van der Waals surface area contributed by atoms with Gasteiger partial charge in [-0.1, -0.05) is 0 Å². The van der Waals surface area contributed by atoms with Crippen LogP contribution in [0.3, 0.4) is 0 Å². The first-order chi connectivity index (χ1) is 4.20. The van der Waals surface area contributed by atoms with Gasteiger partial charge in [0.1, 0.15) is 12.5 Å². The van der Waals surface area contributed by atoms with E-state index >= 15 is 0 Å². The van der Waals surface area contributed by atoms with Crippen molar-refractivity contribution in [2.24, 2.45) is 11.5 Å². The Kier molecular flexibility index (Phi) is 4.61. The molecule has 0 fully saturated rings. The van der Waals surface area contributed by atoms with E-state index in [0.717, 1.165) is 0 Å². The molecule has 0 aromatic heterocycles. The maximum atomic E-state index is 5.37. The normalized spacial score (nSPS) is 17.3. The molecule has 0 aliphatic rings. The second-order valence-corrected chi connectivity index (χ2v) is 1.78. The summed E-state index contributed by atoms with van der Waals surface area (Å²) >= 11 is 0. The number of hydrogen-bond donors (Lipinski definition) is 2. The fraction of sp³-hybridized carbons (Fsp3) is 1.00. The van der Waals surface area contributed by atoms with E-state index < -0.39 is 0 Å². The second kappa shape index (κ2) is 4.69. The highest BCUT2D eigenvalue weighted by Crippen LogP contribution is 1.92. The molecule has 0 saturated heterocycles. The minimum Gasteiger partial charge on any atom is -0.367 e. The van der Waals surface area contributed by atoms with Crippen molar-refractivity contribution in [2.45, 2.75) is 18.9 Å². The third kappa shape index (κ3) is 4.35. The second-order valence-electron chi connectivity index (χ2n) is 1.78. The van der Waals surface area contributed by atoms with Gasteiger partial charge in [0, 0.05) is 20.6 Å². The topological polar surface area (TPSA) is 70.5 Å². The highest BCUT2D eigenvalue weighted by molar-refractivity contribution is 4.52. The van der Waals surface area contributed by atoms with Gasteiger partial charge < -0.3 is 20.9 Å². The van der Waals surface area contributed by atoms with Crippen LogP contribution in [0.25, 0.3) is 0 Å². The first-order valence-corrected chi connectivity index (χ1v) is 2.77. The molecule has 0 bridgehead atoms. The van der Waals surface area contributed by atoms with Crippen LogP contribution in [0.4, 0.5) is 0 Å². The molecule has 0 aromatic rings. The van der Waals surface area contributed by atoms with Gasteiger partial charge in [-0.05, 0) is 0 Å². The Morgan fingerprint density at radius 3 is 1.67 bits per heavy atom. The van der Waals surface area contributed by atoms with E-state index in [1.807, 2.05) is 0 Å². The number of ether oxygens (including phenoxy) is 2. The minimum absolute atomic E-state index is 0.319. The molecule has 9 heavy (non-hydrogen) atoms. The molecule has 0 aliphatic carbocycles. The molecule has 2 atom stereocenters. The molecule has 0 heterocycles. The van der Waals surface area contributed by atoms with Crippen LogP contribution in [0.1, 0.15) is 6.42 Å². The first-order valence-electron chi connectivity index (χ1n) is 2.77. The van der Waals surface area contributed by atoms with Gasteiger partial charge in [0.25, 0.3) is 0 Å². The van der Waals surface area contributed by atoms with Crippen LogP contribution in [0.2, 0.25) is 0 Å². The Bertz CT molecular complexity index is 62.0. The molecular formula is C5H14N2O2. The van der Waals surface area contributed by atoms with E-state index in [4.69, 9.17) is 20.9 Å². The van der Waals surface area contributed by atoms with Crippen LogP contribution in [0.15, 0.2) is 0 Å². The summed E-state index contributed by atoms with van der Waals surface area (Å²) < 4.78 is 9.48. The summed E-state index contributed by atoms with van der Waals surface area (Å²) in [4.78, 5) is 0. The van der Waals surface area contributed by atoms with Crippen molar-refractivity contribution in [3.63, 3.8) is 0 Å². The van der Waals surface area contributed by atoms with Crippen LogP contribution in [-0.2, 0) is 9.47 Å². The van der Waals surface area contributed by atoms with Gasteiger partial charge in [-0.3, -0.25) is 0 Å². The summed E-state index contributed by atoms with van der Waals surface area (Å²) in [5.41, 5.74) is 10.7. The van der Waals surface area contributed by atoms with Gasteiger partial charge in [0.05, 0.1) is 0 Å². The summed E-state index contributed by atoms with van der Waals surface area (Å²) in [5, 5.41) is 0. The van der Waals surface area contributed by atoms with Gasteiger partial charge in [-0.2, -0.15) is 0 Å². The van der Waals surface area contributed by atoms with E-state index in [1.165, 1.54) is 14.2 Å². The zero-order valence-corrected chi connectivity index (χ0v) is 5.83. The van der Waals surface area contributed by atoms with E-state index in [1.54, 1.807) is 0 Å². The Morgan fingerprint density at radius 1 is 1.11 bits per heavy atom. The monoisotopic (exact) mass is 134 g/mol. The lowest BCUT2D eigenvalue weighted by molar-refractivity contribution is 0.0286. The SMILES string of the molecule is COC(N)CC(N)OC. The van der Waals surface area contributed by atoms with Gasteiger partial charge in [-0.15, -0.1) is 0 Å². The molecule has 56 valence electrons. The molecule has 2 unspecified atom stereocenters. The quantitative estimate of drug-likeness (QED) is 0.496. The van der Waals surface area contributed by atoms with Crippen LogP contribution < -0.4 is 11.5 Å². The Hall–Kier alpha value is -0.160. The lowest BCUT2D eigenvalue weighted by Gasteiger charge is -2.13. The predicted octanol–water partition coefficient (Wildman–Crippen LogP) is -0.761. The van der Waals surface area contributed by atoms with Gasteiger partial charge in [0.15, 0.2) is 0 Å². The lowest BCUT2D eigenvalue weighted by Crippen LogP contribution is -2.33. The average Bonchev–Trinajstić information content (AvgIpc) is 1.87. The number of nitrogens with two attached hydrogens (primary N) is 2. The van der Waals surface area contributed by atoms with Crippen LogP contribution >= 0.6 is 0 Å². The maximum Gasteiger partial charge on any atom is 0.109 e. The Labute approximate surface area is 55.1 Å². The third-order valence-corrected chi connectivity index (χ3v) is 1.07. The van der Waals surface area contributed by atoms with Crippen LogP contribution in [0, 0.1) is 0 Å². The molecule has 4 nitrogen and oxygen atoms in total. The average molecular weight is 134 g/mol. The molecule has 0 aliphatic heterocycles. The molecule has 0 aromatic carbocycles. The van der Waals surface area contributed by atoms with Gasteiger partial charge in [-0.25, -0.2) is 0 Å². The summed E-state index contributed by atoms with van der Waals surface area (Å²) in [6, 6.07) is 0. The number of hydrogen-bond acceptors (Lipinski definition) is 4. The van der Waals surface area contributed by atoms with E-state index in [-0.39, 0.29) is 12.5 Å². The van der Waals surface area contributed by atoms with Crippen molar-refractivity contribution >= 4 is 0 Å². The summed E-state index contributed by atoms with van der Waals surface area (Å²) in [6.45, 7) is 0. The summed E-state index contributed by atoms with van der Waals surface area (Å²) in [6.07, 6.45) is -0.118. The van der Waals surface area contributed by atoms with Crippen LogP contribution in [-0.4, -0.2) is 26.7 Å². The van der Waals surface area contributed by atoms with Gasteiger partial charge >= 0.3 is 0 Å². The number of rotatable bonds is 4. The maximum absolute atomic E-state index is 5.37. The molecule has 0 rings (SSSR count). The molecule has 4 N–H and O–H groups in total. The largest absolute Gasteiger partial charge is 0.367 e. The fourth-order valence-corrected chi connectivity index (χ4v) is 0.421. The standard InChI is InChI=1S/C5H14N2O2/c1-8-4(6)3-5(7)9-2/h4-5H,3,6-7H2,1-2H3. The molecule has 4 heteroatoms. The third-order valence-electron chi connectivity index (χ3n) is 1.07. The van der Waals surface area contributed by atoms with Crippen molar-refractivity contribution < 1.29 is 9.47 Å². The molecule has 0 radical (unpaired) electrons. The Morgan fingerprint density at radius 2 is 1.44 bits per heavy atom. The molecule has 0 spiro atoms.